The van der Waals surface area contributed by atoms with Crippen LogP contribution in [0.4, 0.5) is 0 Å². The van der Waals surface area contributed by atoms with Crippen LogP contribution in [0.25, 0.3) is 0 Å². The number of ether oxygens (including phenoxy) is 2. The summed E-state index contributed by atoms with van der Waals surface area (Å²) in [5.74, 6) is 1.59. The minimum atomic E-state index is -0.855. The van der Waals surface area contributed by atoms with Gasteiger partial charge in [0.05, 0.1) is 13.2 Å². The van der Waals surface area contributed by atoms with E-state index in [9.17, 15) is 19.8 Å². The number of aromatic hydroxyl groups is 1. The molecule has 1 spiro atoms. The van der Waals surface area contributed by atoms with Crippen LogP contribution in [0.15, 0.2) is 42.5 Å². The molecule has 228 valence electrons. The largest absolute Gasteiger partial charge is 0.508 e. The molecule has 9 nitrogen and oxygen atoms in total. The van der Waals surface area contributed by atoms with E-state index < -0.39 is 17.7 Å². The van der Waals surface area contributed by atoms with Crippen LogP contribution in [0.3, 0.4) is 0 Å². The molecule has 2 heterocycles. The number of likely N-dealkylation sites (tertiary alicyclic amines) is 1. The minimum Gasteiger partial charge on any atom is -0.508 e. The Kier molecular flexibility index (Phi) is 9.58. The summed E-state index contributed by atoms with van der Waals surface area (Å²) in [4.78, 5) is 31.7. The highest BCUT2D eigenvalue weighted by atomic mass is 16.5. The minimum absolute atomic E-state index is 0.0665. The molecular weight excluding hydrogens is 534 g/mol. The zero-order valence-electron chi connectivity index (χ0n) is 24.9. The Labute approximate surface area is 248 Å². The molecule has 0 radical (unpaired) electrons. The summed E-state index contributed by atoms with van der Waals surface area (Å²) < 4.78 is 11.3. The number of methoxy groups -OCH3 is 1. The van der Waals surface area contributed by atoms with Crippen LogP contribution in [0.2, 0.25) is 0 Å². The molecule has 0 unspecified atom stereocenters. The number of unbranched alkanes of at least 4 members (excludes halogenated alkanes) is 1. The van der Waals surface area contributed by atoms with Crippen molar-refractivity contribution in [2.24, 2.45) is 5.92 Å². The van der Waals surface area contributed by atoms with E-state index in [1.165, 1.54) is 19.6 Å². The smallest absolute Gasteiger partial charge is 0.248 e. The first-order chi connectivity index (χ1) is 20.3. The van der Waals surface area contributed by atoms with Crippen LogP contribution in [0.5, 0.6) is 23.0 Å². The van der Waals surface area contributed by atoms with Crippen LogP contribution in [0, 0.1) is 5.92 Å². The molecule has 0 bridgehead atoms. The Morgan fingerprint density at radius 2 is 1.74 bits per heavy atom. The number of piperazine rings is 1. The molecule has 9 heteroatoms. The fraction of sp³-hybridized carbons (Fsp3) is 0.576. The number of phenols is 1. The number of hydrogen-bond donors (Lipinski definition) is 3. The first kappa shape index (κ1) is 30.2. The number of carbonyl (C=O) groups excluding carboxylic acids is 2. The van der Waals surface area contributed by atoms with Crippen LogP contribution in [-0.2, 0) is 16.1 Å². The van der Waals surface area contributed by atoms with E-state index in [1.54, 1.807) is 12.1 Å². The number of rotatable bonds is 10. The second-order valence-corrected chi connectivity index (χ2v) is 12.1. The van der Waals surface area contributed by atoms with E-state index >= 15 is 0 Å². The van der Waals surface area contributed by atoms with Gasteiger partial charge in [0, 0.05) is 32.2 Å². The zero-order valence-corrected chi connectivity index (χ0v) is 24.9. The maximum Gasteiger partial charge on any atom is 0.248 e. The lowest BCUT2D eigenvalue weighted by atomic mass is 9.78. The lowest BCUT2D eigenvalue weighted by Gasteiger charge is -2.52. The van der Waals surface area contributed by atoms with Crippen LogP contribution >= 0.6 is 0 Å². The highest BCUT2D eigenvalue weighted by Crippen LogP contribution is 2.37. The van der Waals surface area contributed by atoms with Gasteiger partial charge in [-0.3, -0.25) is 14.5 Å². The number of amides is 2. The first-order valence-electron chi connectivity index (χ1n) is 15.5. The summed E-state index contributed by atoms with van der Waals surface area (Å²) in [5, 5.41) is 23.8. The maximum atomic E-state index is 13.8. The number of phenolic OH excluding ortho intramolecular Hbond substituents is 1. The predicted octanol–water partition coefficient (Wildman–Crippen LogP) is 4.60. The van der Waals surface area contributed by atoms with E-state index in [4.69, 9.17) is 9.47 Å². The highest BCUT2D eigenvalue weighted by Gasteiger charge is 2.55. The number of aliphatic hydroxyl groups excluding tert-OH is 1. The maximum absolute atomic E-state index is 13.8. The number of nitrogens with zero attached hydrogens (tertiary/aromatic N) is 2. The molecule has 2 aliphatic heterocycles. The topological polar surface area (TPSA) is 112 Å². The Morgan fingerprint density at radius 1 is 1.02 bits per heavy atom. The lowest BCUT2D eigenvalue weighted by molar-refractivity contribution is -0.166. The van der Waals surface area contributed by atoms with Gasteiger partial charge in [-0.2, -0.15) is 0 Å². The van der Waals surface area contributed by atoms with Gasteiger partial charge in [-0.1, -0.05) is 44.7 Å². The molecular formula is C33H45N3O6. The Hall–Kier alpha value is -3.30. The van der Waals surface area contributed by atoms with Gasteiger partial charge in [-0.05, 0) is 67.9 Å². The number of nitrogens with one attached hydrogen (secondary N) is 1. The van der Waals surface area contributed by atoms with E-state index in [0.717, 1.165) is 50.6 Å². The third-order valence-corrected chi connectivity index (χ3v) is 9.36. The van der Waals surface area contributed by atoms with Crippen molar-refractivity contribution in [2.75, 3.05) is 26.7 Å². The summed E-state index contributed by atoms with van der Waals surface area (Å²) in [6.07, 6.45) is 7.21. The fourth-order valence-corrected chi connectivity index (χ4v) is 6.83. The summed E-state index contributed by atoms with van der Waals surface area (Å²) in [6, 6.07) is 11.7. The molecule has 3 aliphatic rings. The molecule has 1 saturated carbocycles. The van der Waals surface area contributed by atoms with Gasteiger partial charge >= 0.3 is 0 Å². The monoisotopic (exact) mass is 579 g/mol. The summed E-state index contributed by atoms with van der Waals surface area (Å²) in [7, 11) is 1.53. The number of hydrogen-bond acceptors (Lipinski definition) is 7. The number of piperidine rings is 1. The highest BCUT2D eigenvalue weighted by molar-refractivity contribution is 6.00. The summed E-state index contributed by atoms with van der Waals surface area (Å²) in [6.45, 7) is 4.76. The second kappa shape index (κ2) is 13.3. The fourth-order valence-electron chi connectivity index (χ4n) is 6.83. The molecule has 5 rings (SSSR count). The second-order valence-electron chi connectivity index (χ2n) is 12.1. The van der Waals surface area contributed by atoms with Gasteiger partial charge in [0.15, 0.2) is 11.5 Å². The van der Waals surface area contributed by atoms with Gasteiger partial charge in [-0.15, -0.1) is 0 Å². The quantitative estimate of drug-likeness (QED) is 0.377. The molecule has 3 fully saturated rings. The average molecular weight is 580 g/mol. The molecule has 2 atom stereocenters. The lowest BCUT2D eigenvalue weighted by Crippen LogP contribution is -2.75. The third-order valence-electron chi connectivity index (χ3n) is 9.36. The van der Waals surface area contributed by atoms with E-state index in [0.29, 0.717) is 49.7 Å². The molecule has 42 heavy (non-hydrogen) atoms. The molecule has 3 N–H and O–H groups in total. The Morgan fingerprint density at radius 3 is 2.40 bits per heavy atom. The number of carbonyl (C=O) groups is 2. The van der Waals surface area contributed by atoms with E-state index in [1.807, 2.05) is 29.2 Å². The van der Waals surface area contributed by atoms with Crippen molar-refractivity contribution in [2.45, 2.75) is 88.9 Å². The van der Waals surface area contributed by atoms with Gasteiger partial charge in [0.2, 0.25) is 11.8 Å². The van der Waals surface area contributed by atoms with Crippen LogP contribution in [0.1, 0.15) is 70.3 Å². The van der Waals surface area contributed by atoms with Gasteiger partial charge < -0.3 is 29.9 Å². The van der Waals surface area contributed by atoms with Crippen molar-refractivity contribution in [3.8, 4) is 23.0 Å². The average Bonchev–Trinajstić information content (AvgIpc) is 3.02. The Balaban J connectivity index is 1.22. The first-order valence-corrected chi connectivity index (χ1v) is 15.5. The van der Waals surface area contributed by atoms with Crippen molar-refractivity contribution in [1.82, 2.24) is 15.1 Å². The third kappa shape index (κ3) is 6.37. The predicted molar refractivity (Wildman–Crippen MR) is 160 cm³/mol. The summed E-state index contributed by atoms with van der Waals surface area (Å²) >= 11 is 0. The SMILES string of the molecule is CCCCN1C(=O)[C@@H]([C@H](O)C2CCCCC2)NC(=O)C12CCN(Cc1ccc(Oc3ccc(O)cc3OC)cc1)CC2. The normalized spacial score (nSPS) is 22.2. The van der Waals surface area contributed by atoms with Crippen molar-refractivity contribution >= 4 is 11.8 Å². The van der Waals surface area contributed by atoms with Gasteiger partial charge in [0.1, 0.15) is 23.1 Å². The van der Waals surface area contributed by atoms with Crippen molar-refractivity contribution in [3.05, 3.63) is 48.0 Å². The number of aliphatic hydroxyl groups is 1. The van der Waals surface area contributed by atoms with Crippen LogP contribution in [-0.4, -0.2) is 76.3 Å². The van der Waals surface area contributed by atoms with Crippen molar-refractivity contribution in [1.29, 1.82) is 0 Å². The number of benzene rings is 2. The van der Waals surface area contributed by atoms with Crippen LogP contribution < -0.4 is 14.8 Å². The molecule has 2 aromatic carbocycles. The van der Waals surface area contributed by atoms with E-state index in [-0.39, 0.29) is 23.5 Å². The van der Waals surface area contributed by atoms with E-state index in [2.05, 4.69) is 17.1 Å². The standard InChI is InChI=1S/C33H45N3O6/c1-3-4-18-36-31(39)29(30(38)24-8-6-5-7-9-24)34-32(40)33(36)16-19-35(20-17-33)22-23-10-13-26(14-11-23)42-27-15-12-25(37)21-28(27)41-2/h10-15,21,24,29-30,37-38H,3-9,16-20,22H2,1-2H3,(H,34,40)/t29-,30-/m1/s1. The zero-order chi connectivity index (χ0) is 29.7. The molecule has 2 saturated heterocycles. The molecule has 0 aromatic heterocycles. The summed E-state index contributed by atoms with van der Waals surface area (Å²) in [5.41, 5.74) is 0.269. The molecule has 2 aromatic rings. The van der Waals surface area contributed by atoms with Gasteiger partial charge in [-0.25, -0.2) is 0 Å². The Bertz CT molecular complexity index is 1220. The molecule has 1 aliphatic carbocycles. The van der Waals surface area contributed by atoms with Crippen molar-refractivity contribution in [3.63, 3.8) is 0 Å². The van der Waals surface area contributed by atoms with Gasteiger partial charge in [0.25, 0.3) is 0 Å². The van der Waals surface area contributed by atoms with Crippen molar-refractivity contribution < 1.29 is 29.3 Å². The molecule has 2 amide bonds.